The molecule has 3 rings (SSSR count). The molecule has 0 fully saturated rings. The van der Waals surface area contributed by atoms with Crippen LogP contribution in [-0.4, -0.2) is 17.0 Å². The van der Waals surface area contributed by atoms with Gasteiger partial charge in [0, 0.05) is 35.5 Å². The average Bonchev–Trinajstić information content (AvgIpc) is 2.68. The zero-order valence-electron chi connectivity index (χ0n) is 16.5. The average molecular weight is 358 g/mol. The molecule has 1 aromatic heterocycles. The van der Waals surface area contributed by atoms with E-state index in [1.54, 1.807) is 0 Å². The number of hydrogen-bond donors (Lipinski definition) is 1. The molecule has 0 spiro atoms. The summed E-state index contributed by atoms with van der Waals surface area (Å²) in [4.78, 5) is 11.2. The molecular weight excluding hydrogens is 332 g/mol. The number of anilines is 3. The van der Waals surface area contributed by atoms with Crippen LogP contribution in [0.3, 0.4) is 0 Å². The van der Waals surface area contributed by atoms with Crippen LogP contribution in [0.15, 0.2) is 61.2 Å². The second kappa shape index (κ2) is 8.04. The molecule has 0 amide bonds. The summed E-state index contributed by atoms with van der Waals surface area (Å²) in [6.07, 6.45) is 0.890. The molecule has 27 heavy (non-hydrogen) atoms. The molecular formula is C23H26N4. The maximum atomic E-state index is 4.66. The van der Waals surface area contributed by atoms with E-state index < -0.39 is 0 Å². The van der Waals surface area contributed by atoms with Crippen molar-refractivity contribution in [1.29, 1.82) is 0 Å². The Labute approximate surface area is 161 Å². The Kier molecular flexibility index (Phi) is 5.55. The fourth-order valence-electron chi connectivity index (χ4n) is 2.85. The monoisotopic (exact) mass is 358 g/mol. The Hall–Kier alpha value is -3.14. The summed E-state index contributed by atoms with van der Waals surface area (Å²) in [5, 5.41) is 3.37. The van der Waals surface area contributed by atoms with Crippen molar-refractivity contribution in [3.8, 4) is 0 Å². The van der Waals surface area contributed by atoms with E-state index in [1.807, 2.05) is 31.0 Å². The maximum absolute atomic E-state index is 4.66. The van der Waals surface area contributed by atoms with Crippen LogP contribution in [0.2, 0.25) is 0 Å². The van der Waals surface area contributed by atoms with Gasteiger partial charge in [0.2, 0.25) is 5.95 Å². The standard InChI is InChI=1S/C23H26N4/c1-6-20-14-17(3)24-23(26-20)27(5)22-9-7-8-19(15-22)18(4)25-21-12-10-16(2)11-13-21/h7-15,25H,4,6H2,1-3,5H3. The van der Waals surface area contributed by atoms with Crippen molar-refractivity contribution in [3.63, 3.8) is 0 Å². The van der Waals surface area contributed by atoms with Crippen molar-refractivity contribution in [2.45, 2.75) is 27.2 Å². The normalized spacial score (nSPS) is 10.5. The molecule has 0 saturated carbocycles. The fourth-order valence-corrected chi connectivity index (χ4v) is 2.85. The van der Waals surface area contributed by atoms with Gasteiger partial charge in [-0.25, -0.2) is 9.97 Å². The lowest BCUT2D eigenvalue weighted by Crippen LogP contribution is -2.15. The molecule has 4 nitrogen and oxygen atoms in total. The van der Waals surface area contributed by atoms with E-state index in [0.717, 1.165) is 40.4 Å². The third kappa shape index (κ3) is 4.53. The third-order valence-corrected chi connectivity index (χ3v) is 4.49. The van der Waals surface area contributed by atoms with Crippen LogP contribution in [0.25, 0.3) is 5.70 Å². The van der Waals surface area contributed by atoms with E-state index >= 15 is 0 Å². The van der Waals surface area contributed by atoms with Gasteiger partial charge in [-0.15, -0.1) is 0 Å². The minimum Gasteiger partial charge on any atom is -0.356 e. The lowest BCUT2D eigenvalue weighted by molar-refractivity contribution is 0.941. The Bertz CT molecular complexity index is 945. The largest absolute Gasteiger partial charge is 0.356 e. The zero-order valence-corrected chi connectivity index (χ0v) is 16.5. The fraction of sp³-hybridized carbons (Fsp3) is 0.217. The van der Waals surface area contributed by atoms with E-state index in [2.05, 4.69) is 78.2 Å². The Morgan fingerprint density at radius 1 is 1.04 bits per heavy atom. The van der Waals surface area contributed by atoms with Crippen LogP contribution < -0.4 is 10.2 Å². The van der Waals surface area contributed by atoms with Gasteiger partial charge in [0.1, 0.15) is 0 Å². The molecule has 2 aromatic carbocycles. The van der Waals surface area contributed by atoms with E-state index in [-0.39, 0.29) is 0 Å². The Morgan fingerprint density at radius 2 is 1.78 bits per heavy atom. The van der Waals surface area contributed by atoms with Crippen LogP contribution in [0.1, 0.15) is 29.4 Å². The number of rotatable bonds is 6. The lowest BCUT2D eigenvalue weighted by Gasteiger charge is -2.20. The molecule has 0 atom stereocenters. The van der Waals surface area contributed by atoms with Gasteiger partial charge in [0.25, 0.3) is 0 Å². The first-order valence-corrected chi connectivity index (χ1v) is 9.17. The summed E-state index contributed by atoms with van der Waals surface area (Å²) in [6.45, 7) is 10.4. The quantitative estimate of drug-likeness (QED) is 0.631. The van der Waals surface area contributed by atoms with Crippen LogP contribution in [-0.2, 0) is 6.42 Å². The van der Waals surface area contributed by atoms with Gasteiger partial charge in [0.05, 0.1) is 0 Å². The first-order valence-electron chi connectivity index (χ1n) is 9.17. The summed E-state index contributed by atoms with van der Waals surface area (Å²) in [7, 11) is 1.99. The molecule has 0 radical (unpaired) electrons. The highest BCUT2D eigenvalue weighted by Gasteiger charge is 2.10. The van der Waals surface area contributed by atoms with Crippen molar-refractivity contribution in [2.75, 3.05) is 17.3 Å². The molecule has 3 aromatic rings. The minimum atomic E-state index is 0.709. The molecule has 0 aliphatic rings. The first-order chi connectivity index (χ1) is 13.0. The van der Waals surface area contributed by atoms with Gasteiger partial charge < -0.3 is 10.2 Å². The Morgan fingerprint density at radius 3 is 2.48 bits per heavy atom. The summed E-state index contributed by atoms with van der Waals surface area (Å²) in [5.74, 6) is 0.709. The van der Waals surface area contributed by atoms with Crippen molar-refractivity contribution in [2.24, 2.45) is 0 Å². The van der Waals surface area contributed by atoms with Gasteiger partial charge >= 0.3 is 0 Å². The summed E-state index contributed by atoms with van der Waals surface area (Å²) < 4.78 is 0. The van der Waals surface area contributed by atoms with E-state index in [1.165, 1.54) is 5.56 Å². The predicted molar refractivity (Wildman–Crippen MR) is 114 cm³/mol. The number of nitrogens with one attached hydrogen (secondary N) is 1. The van der Waals surface area contributed by atoms with Crippen LogP contribution in [0.4, 0.5) is 17.3 Å². The molecule has 0 bridgehead atoms. The number of nitrogens with zero attached hydrogens (tertiary/aromatic N) is 3. The highest BCUT2D eigenvalue weighted by Crippen LogP contribution is 2.25. The molecule has 1 heterocycles. The maximum Gasteiger partial charge on any atom is 0.230 e. The van der Waals surface area contributed by atoms with Crippen LogP contribution in [0, 0.1) is 13.8 Å². The van der Waals surface area contributed by atoms with Gasteiger partial charge in [0.15, 0.2) is 0 Å². The van der Waals surface area contributed by atoms with Gasteiger partial charge in [-0.3, -0.25) is 0 Å². The number of hydrogen-bond acceptors (Lipinski definition) is 4. The van der Waals surface area contributed by atoms with E-state index in [0.29, 0.717) is 5.95 Å². The molecule has 138 valence electrons. The van der Waals surface area contributed by atoms with Crippen molar-refractivity contribution in [3.05, 3.63) is 83.7 Å². The van der Waals surface area contributed by atoms with Crippen molar-refractivity contribution in [1.82, 2.24) is 9.97 Å². The summed E-state index contributed by atoms with van der Waals surface area (Å²) in [6, 6.07) is 18.5. The van der Waals surface area contributed by atoms with E-state index in [4.69, 9.17) is 0 Å². The smallest absolute Gasteiger partial charge is 0.230 e. The molecule has 0 aliphatic carbocycles. The summed E-state index contributed by atoms with van der Waals surface area (Å²) >= 11 is 0. The topological polar surface area (TPSA) is 41.0 Å². The molecule has 0 saturated heterocycles. The van der Waals surface area contributed by atoms with Gasteiger partial charge in [-0.2, -0.15) is 0 Å². The van der Waals surface area contributed by atoms with Crippen molar-refractivity contribution < 1.29 is 0 Å². The second-order valence-electron chi connectivity index (χ2n) is 6.73. The van der Waals surface area contributed by atoms with Gasteiger partial charge in [-0.05, 0) is 56.2 Å². The number of aryl methyl sites for hydroxylation is 3. The first kappa shape index (κ1) is 18.6. The molecule has 0 aliphatic heterocycles. The summed E-state index contributed by atoms with van der Waals surface area (Å²) in [5.41, 5.74) is 7.19. The zero-order chi connectivity index (χ0) is 19.4. The second-order valence-corrected chi connectivity index (χ2v) is 6.73. The van der Waals surface area contributed by atoms with Crippen LogP contribution in [0.5, 0.6) is 0 Å². The van der Waals surface area contributed by atoms with E-state index in [9.17, 15) is 0 Å². The highest BCUT2D eigenvalue weighted by atomic mass is 15.2. The Balaban J connectivity index is 1.83. The molecule has 4 heteroatoms. The van der Waals surface area contributed by atoms with Crippen LogP contribution >= 0.6 is 0 Å². The number of aromatic nitrogens is 2. The predicted octanol–water partition coefficient (Wildman–Crippen LogP) is 5.51. The molecule has 1 N–H and O–H groups in total. The van der Waals surface area contributed by atoms with Gasteiger partial charge in [-0.1, -0.05) is 43.3 Å². The SMILES string of the molecule is C=C(Nc1ccc(C)cc1)c1cccc(N(C)c2nc(C)cc(CC)n2)c1. The lowest BCUT2D eigenvalue weighted by atomic mass is 10.1. The number of benzene rings is 2. The third-order valence-electron chi connectivity index (χ3n) is 4.49. The molecule has 0 unspecified atom stereocenters. The van der Waals surface area contributed by atoms with Crippen molar-refractivity contribution >= 4 is 23.0 Å². The highest BCUT2D eigenvalue weighted by molar-refractivity contribution is 5.77. The minimum absolute atomic E-state index is 0.709.